The second-order valence-electron chi connectivity index (χ2n) is 13.7. The number of carbonyl (C=O) groups excluding carboxylic acids is 3. The number of rotatable bonds is 8. The highest BCUT2D eigenvalue weighted by Crippen LogP contribution is 2.31. The minimum atomic E-state index is -0.342. The Morgan fingerprint density at radius 1 is 0.848 bits per heavy atom. The molecule has 0 bridgehead atoms. The molecule has 0 radical (unpaired) electrons. The number of piperidine rings is 2. The van der Waals surface area contributed by atoms with Crippen molar-refractivity contribution < 1.29 is 14.4 Å². The zero-order chi connectivity index (χ0) is 31.5. The van der Waals surface area contributed by atoms with Gasteiger partial charge < -0.3 is 19.7 Å². The number of hydrogen-bond acceptors (Lipinski definition) is 7. The van der Waals surface area contributed by atoms with Gasteiger partial charge >= 0.3 is 6.03 Å². The van der Waals surface area contributed by atoms with E-state index in [2.05, 4.69) is 53.5 Å². The molecule has 1 aliphatic carbocycles. The fraction of sp³-hybridized carbons (Fsp3) is 0.571. The van der Waals surface area contributed by atoms with Crippen LogP contribution in [-0.4, -0.2) is 82.8 Å². The number of aromatic nitrogens is 3. The first kappa shape index (κ1) is 30.7. The summed E-state index contributed by atoms with van der Waals surface area (Å²) in [5.74, 6) is 1.79. The Labute approximate surface area is 270 Å². The molecule has 1 aromatic carbocycles. The monoisotopic (exact) mass is 626 g/mol. The van der Waals surface area contributed by atoms with Crippen molar-refractivity contribution in [1.29, 1.82) is 0 Å². The van der Waals surface area contributed by atoms with Gasteiger partial charge in [0.25, 0.3) is 5.91 Å². The van der Waals surface area contributed by atoms with Crippen molar-refractivity contribution in [2.75, 3.05) is 49.1 Å². The first-order chi connectivity index (χ1) is 22.5. The minimum Gasteiger partial charge on any atom is -0.355 e. The van der Waals surface area contributed by atoms with Crippen molar-refractivity contribution in [2.45, 2.75) is 76.8 Å². The van der Waals surface area contributed by atoms with Gasteiger partial charge in [0.05, 0.1) is 11.2 Å². The number of imide groups is 1. The summed E-state index contributed by atoms with van der Waals surface area (Å²) in [7, 11) is 0. The zero-order valence-corrected chi connectivity index (χ0v) is 26.7. The molecule has 2 aromatic heterocycles. The minimum absolute atomic E-state index is 0.107. The molecule has 1 unspecified atom stereocenters. The summed E-state index contributed by atoms with van der Waals surface area (Å²) < 4.78 is 2.34. The van der Waals surface area contributed by atoms with Crippen LogP contribution in [0.5, 0.6) is 0 Å². The van der Waals surface area contributed by atoms with Crippen LogP contribution >= 0.6 is 0 Å². The summed E-state index contributed by atoms with van der Waals surface area (Å²) in [5.41, 5.74) is 2.40. The lowest BCUT2D eigenvalue weighted by atomic mass is 9.93. The summed E-state index contributed by atoms with van der Waals surface area (Å²) in [6.07, 6.45) is 12.9. The van der Waals surface area contributed by atoms with Crippen molar-refractivity contribution in [3.8, 4) is 0 Å². The average molecular weight is 627 g/mol. The Bertz CT molecular complexity index is 1540. The number of carbonyl (C=O) groups is 3. The van der Waals surface area contributed by atoms with Crippen LogP contribution in [0.15, 0.2) is 42.6 Å². The topological polar surface area (TPSA) is 116 Å². The van der Waals surface area contributed by atoms with Gasteiger partial charge in [0.2, 0.25) is 5.91 Å². The van der Waals surface area contributed by atoms with Crippen molar-refractivity contribution in [3.05, 3.63) is 48.3 Å². The van der Waals surface area contributed by atoms with E-state index in [1.54, 1.807) is 4.90 Å². The Hall–Kier alpha value is -3.99. The molecule has 0 spiro atoms. The van der Waals surface area contributed by atoms with Crippen LogP contribution in [0.4, 0.5) is 16.3 Å². The van der Waals surface area contributed by atoms with Gasteiger partial charge in [-0.25, -0.2) is 4.79 Å². The lowest BCUT2D eigenvalue weighted by Crippen LogP contribution is -2.49. The van der Waals surface area contributed by atoms with Crippen LogP contribution in [-0.2, 0) is 11.3 Å². The average Bonchev–Trinajstić information content (AvgIpc) is 3.49. The van der Waals surface area contributed by atoms with Gasteiger partial charge in [-0.1, -0.05) is 25.3 Å². The van der Waals surface area contributed by atoms with Crippen LogP contribution in [0.3, 0.4) is 0 Å². The summed E-state index contributed by atoms with van der Waals surface area (Å²) >= 11 is 0. The Kier molecular flexibility index (Phi) is 9.19. The van der Waals surface area contributed by atoms with E-state index in [0.717, 1.165) is 87.4 Å². The molecule has 4 fully saturated rings. The van der Waals surface area contributed by atoms with Crippen LogP contribution < -0.4 is 20.4 Å². The van der Waals surface area contributed by atoms with E-state index < -0.39 is 0 Å². The fourth-order valence-corrected chi connectivity index (χ4v) is 7.97. The fourth-order valence-electron chi connectivity index (χ4n) is 7.97. The molecule has 4 amide bonds. The number of likely N-dealkylation sites (tertiary alicyclic amines) is 1. The van der Waals surface area contributed by atoms with Crippen LogP contribution in [0.1, 0.15) is 74.7 Å². The number of amides is 4. The molecular weight excluding hydrogens is 580 g/mol. The highest BCUT2D eigenvalue weighted by atomic mass is 16.2. The van der Waals surface area contributed by atoms with Crippen LogP contribution in [0, 0.1) is 11.8 Å². The molecule has 3 saturated heterocycles. The predicted octanol–water partition coefficient (Wildman–Crippen LogP) is 4.57. The zero-order valence-electron chi connectivity index (χ0n) is 26.7. The lowest BCUT2D eigenvalue weighted by Gasteiger charge is -2.38. The molecule has 7 rings (SSSR count). The van der Waals surface area contributed by atoms with Crippen molar-refractivity contribution in [2.24, 2.45) is 11.8 Å². The third kappa shape index (κ3) is 6.89. The number of anilines is 2. The maximum atomic E-state index is 12.6. The van der Waals surface area contributed by atoms with E-state index in [9.17, 15) is 14.4 Å². The van der Waals surface area contributed by atoms with Gasteiger partial charge in [0.1, 0.15) is 0 Å². The predicted molar refractivity (Wildman–Crippen MR) is 178 cm³/mol. The molecule has 46 heavy (non-hydrogen) atoms. The summed E-state index contributed by atoms with van der Waals surface area (Å²) in [5, 5.41) is 15.3. The second kappa shape index (κ2) is 13.8. The van der Waals surface area contributed by atoms with Crippen molar-refractivity contribution in [1.82, 2.24) is 30.3 Å². The molecular formula is C35H46N8O3. The van der Waals surface area contributed by atoms with Crippen LogP contribution in [0.2, 0.25) is 0 Å². The Morgan fingerprint density at radius 2 is 1.70 bits per heavy atom. The van der Waals surface area contributed by atoms with E-state index in [1.165, 1.54) is 32.1 Å². The normalized spacial score (nSPS) is 22.3. The molecule has 244 valence electrons. The van der Waals surface area contributed by atoms with Crippen LogP contribution in [0.25, 0.3) is 10.9 Å². The van der Waals surface area contributed by atoms with Gasteiger partial charge in [-0.05, 0) is 87.2 Å². The number of nitrogens with zero attached hydrogens (tertiary/aromatic N) is 6. The molecule has 2 N–H and O–H groups in total. The molecule has 1 atom stereocenters. The number of benzene rings is 1. The number of urea groups is 1. The molecule has 11 nitrogen and oxygen atoms in total. The standard InChI is InChI=1S/C35H46N8O3/c44-33-16-21-43(35(46)37-33)31-10-4-9-30-28(31)15-20-42(30)24-26-6-5-17-40(23-26)22-25-13-18-41(19-14-25)32-12-11-29(38-39-32)34(45)36-27-7-2-1-3-8-27/h4,9-12,15,20,25-27H,1-3,5-8,13-14,16-19,21-24H2,(H,36,45)(H,37,44,46). The molecule has 4 aliphatic rings. The number of hydrogen-bond donors (Lipinski definition) is 2. The van der Waals surface area contributed by atoms with Gasteiger partial charge in [-0.15, -0.1) is 10.2 Å². The van der Waals surface area contributed by atoms with E-state index in [0.29, 0.717) is 30.5 Å². The molecule has 3 aliphatic heterocycles. The second-order valence-corrected chi connectivity index (χ2v) is 13.7. The van der Waals surface area contributed by atoms with Gasteiger partial charge in [0.15, 0.2) is 11.5 Å². The number of fused-ring (bicyclic) bond motifs is 1. The highest BCUT2D eigenvalue weighted by molar-refractivity contribution is 6.09. The highest BCUT2D eigenvalue weighted by Gasteiger charge is 2.28. The summed E-state index contributed by atoms with van der Waals surface area (Å²) in [4.78, 5) is 43.5. The van der Waals surface area contributed by atoms with E-state index in [-0.39, 0.29) is 23.9 Å². The molecule has 3 aromatic rings. The molecule has 1 saturated carbocycles. The maximum absolute atomic E-state index is 12.6. The van der Waals surface area contributed by atoms with Gasteiger partial charge in [-0.2, -0.15) is 0 Å². The molecule has 5 heterocycles. The first-order valence-electron chi connectivity index (χ1n) is 17.3. The quantitative estimate of drug-likeness (QED) is 0.377. The van der Waals surface area contributed by atoms with E-state index in [1.807, 2.05) is 24.3 Å². The third-order valence-electron chi connectivity index (χ3n) is 10.5. The van der Waals surface area contributed by atoms with Gasteiger partial charge in [0, 0.05) is 63.3 Å². The third-order valence-corrected chi connectivity index (χ3v) is 10.5. The van der Waals surface area contributed by atoms with Crippen molar-refractivity contribution >= 4 is 40.3 Å². The summed E-state index contributed by atoms with van der Waals surface area (Å²) in [6.45, 7) is 6.69. The van der Waals surface area contributed by atoms with E-state index >= 15 is 0 Å². The number of nitrogens with one attached hydrogen (secondary N) is 2. The SMILES string of the molecule is O=C1CCN(c2cccc3c2ccn3CC2CCCN(CC3CCN(c4ccc(C(=O)NC5CCCCC5)nn4)CC3)C2)C(=O)N1. The Morgan fingerprint density at radius 3 is 2.48 bits per heavy atom. The van der Waals surface area contributed by atoms with Crippen molar-refractivity contribution in [3.63, 3.8) is 0 Å². The van der Waals surface area contributed by atoms with E-state index in [4.69, 9.17) is 0 Å². The largest absolute Gasteiger partial charge is 0.355 e. The lowest BCUT2D eigenvalue weighted by molar-refractivity contribution is -0.120. The summed E-state index contributed by atoms with van der Waals surface area (Å²) in [6, 6.07) is 11.9. The maximum Gasteiger partial charge on any atom is 0.328 e. The Balaban J connectivity index is 0.896. The smallest absolute Gasteiger partial charge is 0.328 e. The molecule has 11 heteroatoms. The first-order valence-corrected chi connectivity index (χ1v) is 17.3. The van der Waals surface area contributed by atoms with Gasteiger partial charge in [-0.3, -0.25) is 19.8 Å².